The van der Waals surface area contributed by atoms with Gasteiger partial charge in [0.15, 0.2) is 0 Å². The molecule has 24 heavy (non-hydrogen) atoms. The van der Waals surface area contributed by atoms with Crippen LogP contribution in [0.1, 0.15) is 15.2 Å². The van der Waals surface area contributed by atoms with Crippen molar-refractivity contribution in [2.24, 2.45) is 0 Å². The zero-order valence-corrected chi connectivity index (χ0v) is 14.3. The second-order valence-corrected chi connectivity index (χ2v) is 6.86. The molecule has 0 fully saturated rings. The molecule has 0 aliphatic carbocycles. The molecule has 6 heteroatoms. The highest BCUT2D eigenvalue weighted by molar-refractivity contribution is 7.22. The van der Waals surface area contributed by atoms with Crippen LogP contribution in [0.15, 0.2) is 48.7 Å². The fourth-order valence-electron chi connectivity index (χ4n) is 2.57. The van der Waals surface area contributed by atoms with E-state index in [2.05, 4.69) is 21.4 Å². The summed E-state index contributed by atoms with van der Waals surface area (Å²) in [5.74, 6) is 0.316. The summed E-state index contributed by atoms with van der Waals surface area (Å²) in [7, 11) is 0. The SMILES string of the molecule is Cc1ccc2nc(Cl)c3cc(C(=O)Nc4ccccn4)sc3c2c1. The summed E-state index contributed by atoms with van der Waals surface area (Å²) >= 11 is 7.72. The molecule has 3 heterocycles. The number of halogens is 1. The molecule has 0 saturated carbocycles. The van der Waals surface area contributed by atoms with E-state index in [9.17, 15) is 4.79 Å². The molecule has 4 aromatic rings. The van der Waals surface area contributed by atoms with Crippen LogP contribution in [-0.2, 0) is 0 Å². The molecule has 3 aromatic heterocycles. The molecular weight excluding hydrogens is 342 g/mol. The van der Waals surface area contributed by atoms with Gasteiger partial charge in [-0.3, -0.25) is 4.79 Å². The zero-order valence-electron chi connectivity index (χ0n) is 12.7. The van der Waals surface area contributed by atoms with Gasteiger partial charge in [-0.2, -0.15) is 0 Å². The maximum Gasteiger partial charge on any atom is 0.266 e. The van der Waals surface area contributed by atoms with E-state index in [1.807, 2.05) is 25.1 Å². The van der Waals surface area contributed by atoms with Crippen LogP contribution in [0.3, 0.4) is 0 Å². The lowest BCUT2D eigenvalue weighted by Gasteiger charge is -2.02. The quantitative estimate of drug-likeness (QED) is 0.512. The Morgan fingerprint density at radius 2 is 2.04 bits per heavy atom. The molecule has 1 N–H and O–H groups in total. The Labute approximate surface area is 147 Å². The van der Waals surface area contributed by atoms with E-state index in [1.165, 1.54) is 11.3 Å². The lowest BCUT2D eigenvalue weighted by atomic mass is 10.1. The van der Waals surface area contributed by atoms with E-state index in [4.69, 9.17) is 11.6 Å². The van der Waals surface area contributed by atoms with Crippen molar-refractivity contribution >= 4 is 55.7 Å². The van der Waals surface area contributed by atoms with Gasteiger partial charge in [0, 0.05) is 21.7 Å². The molecule has 1 aromatic carbocycles. The van der Waals surface area contributed by atoms with E-state index in [1.54, 1.807) is 24.4 Å². The topological polar surface area (TPSA) is 54.9 Å². The van der Waals surface area contributed by atoms with Crippen LogP contribution >= 0.6 is 22.9 Å². The molecule has 118 valence electrons. The average Bonchev–Trinajstić information content (AvgIpc) is 3.03. The summed E-state index contributed by atoms with van der Waals surface area (Å²) in [5, 5.41) is 5.01. The molecule has 4 rings (SSSR count). The van der Waals surface area contributed by atoms with Crippen molar-refractivity contribution in [1.82, 2.24) is 9.97 Å². The summed E-state index contributed by atoms with van der Waals surface area (Å²) < 4.78 is 0.972. The van der Waals surface area contributed by atoms with Gasteiger partial charge < -0.3 is 5.32 Å². The standard InChI is InChI=1S/C18H12ClN3OS/c1-10-5-6-13-11(8-10)16-12(17(19)21-13)9-14(24-16)18(23)22-15-4-2-3-7-20-15/h2-9H,1H3,(H,20,22,23). The molecular formula is C18H12ClN3OS. The number of rotatable bonds is 2. The van der Waals surface area contributed by atoms with Gasteiger partial charge in [-0.05, 0) is 37.3 Å². The molecule has 0 radical (unpaired) electrons. The maximum atomic E-state index is 12.5. The van der Waals surface area contributed by atoms with Crippen molar-refractivity contribution in [1.29, 1.82) is 0 Å². The van der Waals surface area contributed by atoms with Crippen molar-refractivity contribution in [2.45, 2.75) is 6.92 Å². The number of amides is 1. The number of pyridine rings is 2. The first-order chi connectivity index (χ1) is 11.6. The van der Waals surface area contributed by atoms with Gasteiger partial charge in [0.05, 0.1) is 10.4 Å². The van der Waals surface area contributed by atoms with Crippen LogP contribution in [0, 0.1) is 6.92 Å². The highest BCUT2D eigenvalue weighted by atomic mass is 35.5. The third kappa shape index (κ3) is 2.62. The smallest absolute Gasteiger partial charge is 0.266 e. The van der Waals surface area contributed by atoms with Crippen LogP contribution in [0.25, 0.3) is 21.0 Å². The minimum Gasteiger partial charge on any atom is -0.306 e. The van der Waals surface area contributed by atoms with Crippen molar-refractivity contribution in [3.8, 4) is 0 Å². The van der Waals surface area contributed by atoms with E-state index in [0.717, 1.165) is 26.6 Å². The van der Waals surface area contributed by atoms with Gasteiger partial charge >= 0.3 is 0 Å². The first-order valence-electron chi connectivity index (χ1n) is 7.33. The van der Waals surface area contributed by atoms with E-state index >= 15 is 0 Å². The Hall–Kier alpha value is -2.50. The number of fused-ring (bicyclic) bond motifs is 3. The van der Waals surface area contributed by atoms with Crippen molar-refractivity contribution in [2.75, 3.05) is 5.32 Å². The highest BCUT2D eigenvalue weighted by Gasteiger charge is 2.16. The third-order valence-electron chi connectivity index (χ3n) is 3.70. The number of thiophene rings is 1. The van der Waals surface area contributed by atoms with E-state index < -0.39 is 0 Å². The van der Waals surface area contributed by atoms with E-state index in [0.29, 0.717) is 15.8 Å². The van der Waals surface area contributed by atoms with Gasteiger partial charge in [0.2, 0.25) is 0 Å². The first-order valence-corrected chi connectivity index (χ1v) is 8.53. The molecule has 0 spiro atoms. The monoisotopic (exact) mass is 353 g/mol. The second kappa shape index (κ2) is 5.85. The molecule has 0 atom stereocenters. The van der Waals surface area contributed by atoms with Crippen LogP contribution in [0.4, 0.5) is 5.82 Å². The Morgan fingerprint density at radius 1 is 1.17 bits per heavy atom. The molecule has 0 saturated heterocycles. The van der Waals surface area contributed by atoms with Gasteiger partial charge in [0.25, 0.3) is 5.91 Å². The number of anilines is 1. The van der Waals surface area contributed by atoms with Crippen molar-refractivity contribution in [3.05, 3.63) is 64.3 Å². The predicted octanol–water partition coefficient (Wildman–Crippen LogP) is 5.06. The van der Waals surface area contributed by atoms with Gasteiger partial charge in [-0.1, -0.05) is 29.3 Å². The van der Waals surface area contributed by atoms with Crippen molar-refractivity contribution < 1.29 is 4.79 Å². The van der Waals surface area contributed by atoms with Crippen LogP contribution in [-0.4, -0.2) is 15.9 Å². The van der Waals surface area contributed by atoms with E-state index in [-0.39, 0.29) is 5.91 Å². The Kier molecular flexibility index (Phi) is 3.67. The summed E-state index contributed by atoms with van der Waals surface area (Å²) in [6.07, 6.45) is 1.64. The number of aromatic nitrogens is 2. The van der Waals surface area contributed by atoms with Gasteiger partial charge in [-0.15, -0.1) is 11.3 Å². The number of hydrogen-bond donors (Lipinski definition) is 1. The highest BCUT2D eigenvalue weighted by Crippen LogP contribution is 2.36. The van der Waals surface area contributed by atoms with Crippen LogP contribution in [0.5, 0.6) is 0 Å². The van der Waals surface area contributed by atoms with Gasteiger partial charge in [-0.25, -0.2) is 9.97 Å². The molecule has 0 aliphatic heterocycles. The first kappa shape index (κ1) is 15.1. The maximum absolute atomic E-state index is 12.5. The summed E-state index contributed by atoms with van der Waals surface area (Å²) in [5.41, 5.74) is 1.97. The largest absolute Gasteiger partial charge is 0.306 e. The van der Waals surface area contributed by atoms with Crippen LogP contribution in [0.2, 0.25) is 5.15 Å². The third-order valence-corrected chi connectivity index (χ3v) is 5.16. The number of carbonyl (C=O) groups excluding carboxylic acids is 1. The number of benzene rings is 1. The summed E-state index contributed by atoms with van der Waals surface area (Å²) in [6, 6.07) is 13.2. The normalized spacial score (nSPS) is 11.1. The van der Waals surface area contributed by atoms with Crippen LogP contribution < -0.4 is 5.32 Å². The minimum atomic E-state index is -0.202. The minimum absolute atomic E-state index is 0.202. The predicted molar refractivity (Wildman–Crippen MR) is 99.1 cm³/mol. The molecule has 0 bridgehead atoms. The Bertz CT molecular complexity index is 1080. The Balaban J connectivity index is 1.83. The number of carbonyl (C=O) groups is 1. The fraction of sp³-hybridized carbons (Fsp3) is 0.0556. The zero-order chi connectivity index (χ0) is 16.7. The van der Waals surface area contributed by atoms with Crippen molar-refractivity contribution in [3.63, 3.8) is 0 Å². The summed E-state index contributed by atoms with van der Waals surface area (Å²) in [6.45, 7) is 2.03. The summed E-state index contributed by atoms with van der Waals surface area (Å²) in [4.78, 5) is 21.6. The fourth-order valence-corrected chi connectivity index (χ4v) is 3.94. The molecule has 0 aliphatic rings. The Morgan fingerprint density at radius 3 is 2.83 bits per heavy atom. The number of hydrogen-bond acceptors (Lipinski definition) is 4. The number of aryl methyl sites for hydroxylation is 1. The molecule has 1 amide bonds. The second-order valence-electron chi connectivity index (χ2n) is 5.45. The molecule has 4 nitrogen and oxygen atoms in total. The average molecular weight is 354 g/mol. The number of nitrogens with zero attached hydrogens (tertiary/aromatic N) is 2. The lowest BCUT2D eigenvalue weighted by Crippen LogP contribution is -2.10. The number of nitrogens with one attached hydrogen (secondary N) is 1. The van der Waals surface area contributed by atoms with Gasteiger partial charge in [0.1, 0.15) is 11.0 Å². The molecule has 0 unspecified atom stereocenters. The lowest BCUT2D eigenvalue weighted by molar-refractivity contribution is 0.103.